The number of rotatable bonds is 3. The maximum Gasteiger partial charge on any atom is 0.348 e. The molecule has 0 bridgehead atoms. The van der Waals surface area contributed by atoms with Crippen molar-refractivity contribution in [1.29, 1.82) is 0 Å². The lowest BCUT2D eigenvalue weighted by Gasteiger charge is -2.23. The van der Waals surface area contributed by atoms with Gasteiger partial charge >= 0.3 is 11.9 Å². The van der Waals surface area contributed by atoms with Gasteiger partial charge in [0.1, 0.15) is 5.75 Å². The van der Waals surface area contributed by atoms with Crippen LogP contribution < -0.4 is 4.74 Å². The van der Waals surface area contributed by atoms with Crippen LogP contribution in [0.1, 0.15) is 53.9 Å². The maximum atomic E-state index is 12.6. The van der Waals surface area contributed by atoms with E-state index in [0.717, 1.165) is 35.0 Å². The Balaban J connectivity index is 1.82. The SMILES string of the molecule is COC(=O)c1ccc2c(C3CCCCC3)c3n(c2c1)CC(C(=O)OC)Oc1ccccc1-3. The molecule has 6 nitrogen and oxygen atoms in total. The fourth-order valence-electron chi connectivity index (χ4n) is 5.28. The summed E-state index contributed by atoms with van der Waals surface area (Å²) < 4.78 is 18.3. The Morgan fingerprint density at radius 3 is 2.53 bits per heavy atom. The molecule has 1 unspecified atom stereocenters. The normalized spacial score (nSPS) is 18.2. The second-order valence-corrected chi connectivity index (χ2v) is 8.56. The van der Waals surface area contributed by atoms with Crippen molar-refractivity contribution < 1.29 is 23.8 Å². The summed E-state index contributed by atoms with van der Waals surface area (Å²) in [6.45, 7) is 0.310. The van der Waals surface area contributed by atoms with Crippen molar-refractivity contribution in [3.8, 4) is 17.0 Å². The Morgan fingerprint density at radius 1 is 1.00 bits per heavy atom. The third kappa shape index (κ3) is 3.34. The van der Waals surface area contributed by atoms with E-state index in [4.69, 9.17) is 14.2 Å². The lowest BCUT2D eigenvalue weighted by molar-refractivity contribution is -0.149. The van der Waals surface area contributed by atoms with Crippen LogP contribution in [0.2, 0.25) is 0 Å². The first-order chi connectivity index (χ1) is 15.6. The number of ether oxygens (including phenoxy) is 3. The van der Waals surface area contributed by atoms with Crippen molar-refractivity contribution >= 4 is 22.8 Å². The van der Waals surface area contributed by atoms with E-state index in [0.29, 0.717) is 23.8 Å². The molecule has 2 aliphatic rings. The van der Waals surface area contributed by atoms with E-state index in [9.17, 15) is 9.59 Å². The van der Waals surface area contributed by atoms with Crippen LogP contribution >= 0.6 is 0 Å². The van der Waals surface area contributed by atoms with E-state index in [1.165, 1.54) is 39.0 Å². The smallest absolute Gasteiger partial charge is 0.348 e. The predicted molar refractivity (Wildman–Crippen MR) is 121 cm³/mol. The average Bonchev–Trinajstić information content (AvgIpc) is 3.05. The van der Waals surface area contributed by atoms with E-state index < -0.39 is 12.1 Å². The first kappa shape index (κ1) is 20.6. The molecule has 0 saturated heterocycles. The van der Waals surface area contributed by atoms with Gasteiger partial charge in [0.05, 0.1) is 32.0 Å². The highest BCUT2D eigenvalue weighted by Crippen LogP contribution is 2.47. The number of nitrogens with zero attached hydrogens (tertiary/aromatic N) is 1. The molecule has 1 fully saturated rings. The van der Waals surface area contributed by atoms with Gasteiger partial charge in [-0.2, -0.15) is 0 Å². The third-order valence-corrected chi connectivity index (χ3v) is 6.76. The Bertz CT molecular complexity index is 1190. The molecule has 0 N–H and O–H groups in total. The van der Waals surface area contributed by atoms with Crippen molar-refractivity contribution in [2.24, 2.45) is 0 Å². The van der Waals surface area contributed by atoms with Crippen LogP contribution in [0.15, 0.2) is 42.5 Å². The Hall–Kier alpha value is -3.28. The van der Waals surface area contributed by atoms with E-state index >= 15 is 0 Å². The van der Waals surface area contributed by atoms with Gasteiger partial charge in [-0.15, -0.1) is 0 Å². The van der Waals surface area contributed by atoms with Gasteiger partial charge in [-0.3, -0.25) is 0 Å². The van der Waals surface area contributed by atoms with E-state index in [1.54, 1.807) is 0 Å². The lowest BCUT2D eigenvalue weighted by Crippen LogP contribution is -2.32. The zero-order valence-electron chi connectivity index (χ0n) is 18.4. The van der Waals surface area contributed by atoms with Crippen LogP contribution in [0, 0.1) is 0 Å². The Labute approximate surface area is 187 Å². The van der Waals surface area contributed by atoms with Crippen LogP contribution in [0.4, 0.5) is 0 Å². The molecular formula is C26H27NO5. The van der Waals surface area contributed by atoms with Crippen LogP contribution in [-0.4, -0.2) is 36.8 Å². The second-order valence-electron chi connectivity index (χ2n) is 8.56. The monoisotopic (exact) mass is 433 g/mol. The minimum atomic E-state index is -0.779. The lowest BCUT2D eigenvalue weighted by atomic mass is 9.81. The molecule has 5 rings (SSSR count). The van der Waals surface area contributed by atoms with Gasteiger partial charge in [0, 0.05) is 16.5 Å². The Kier molecular flexibility index (Phi) is 5.37. The van der Waals surface area contributed by atoms with Gasteiger partial charge in [0.15, 0.2) is 0 Å². The number of carbonyl (C=O) groups is 2. The number of methoxy groups -OCH3 is 2. The highest BCUT2D eigenvalue weighted by Gasteiger charge is 2.34. The minimum absolute atomic E-state index is 0.310. The van der Waals surface area contributed by atoms with E-state index in [-0.39, 0.29) is 5.97 Å². The summed E-state index contributed by atoms with van der Waals surface area (Å²) in [4.78, 5) is 24.9. The van der Waals surface area contributed by atoms with Gasteiger partial charge < -0.3 is 18.8 Å². The molecule has 3 aromatic rings. The van der Waals surface area contributed by atoms with Crippen molar-refractivity contribution in [3.63, 3.8) is 0 Å². The largest absolute Gasteiger partial charge is 0.476 e. The van der Waals surface area contributed by atoms with Crippen LogP contribution in [0.5, 0.6) is 5.75 Å². The molecule has 1 saturated carbocycles. The molecule has 0 amide bonds. The number of esters is 2. The van der Waals surface area contributed by atoms with Crippen molar-refractivity contribution in [1.82, 2.24) is 4.57 Å². The fraction of sp³-hybridized carbons (Fsp3) is 0.385. The summed E-state index contributed by atoms with van der Waals surface area (Å²) in [5.74, 6) is 0.304. The van der Waals surface area contributed by atoms with Gasteiger partial charge in [0.2, 0.25) is 6.10 Å². The minimum Gasteiger partial charge on any atom is -0.476 e. The fourth-order valence-corrected chi connectivity index (χ4v) is 5.28. The third-order valence-electron chi connectivity index (χ3n) is 6.76. The number of carbonyl (C=O) groups excluding carboxylic acids is 2. The quantitative estimate of drug-likeness (QED) is 0.539. The summed E-state index contributed by atoms with van der Waals surface area (Å²) in [5.41, 5.74) is 4.74. The molecule has 32 heavy (non-hydrogen) atoms. The standard InChI is InChI=1S/C26H27NO5/c1-30-25(28)17-12-13-18-20(14-17)27-15-22(26(29)31-2)32-21-11-7-6-10-19(21)24(27)23(18)16-8-4-3-5-9-16/h6-7,10-14,16,22H,3-5,8-9,15H2,1-2H3. The zero-order valence-corrected chi connectivity index (χ0v) is 18.4. The van der Waals surface area contributed by atoms with Crippen LogP contribution in [-0.2, 0) is 20.8 Å². The second kappa shape index (κ2) is 8.34. The molecule has 166 valence electrons. The van der Waals surface area contributed by atoms with Gasteiger partial charge in [-0.1, -0.05) is 37.5 Å². The molecule has 0 spiro atoms. The number of para-hydroxylation sites is 1. The predicted octanol–water partition coefficient (Wildman–Crippen LogP) is 5.08. The first-order valence-corrected chi connectivity index (χ1v) is 11.2. The van der Waals surface area contributed by atoms with Crippen LogP contribution in [0.3, 0.4) is 0 Å². The summed E-state index contributed by atoms with van der Waals surface area (Å²) in [6, 6.07) is 13.6. The van der Waals surface area contributed by atoms with E-state index in [2.05, 4.69) is 4.57 Å². The zero-order chi connectivity index (χ0) is 22.2. The average molecular weight is 434 g/mol. The highest BCUT2D eigenvalue weighted by molar-refractivity contribution is 5.99. The van der Waals surface area contributed by atoms with Gasteiger partial charge in [0.25, 0.3) is 0 Å². The van der Waals surface area contributed by atoms with Crippen molar-refractivity contribution in [3.05, 3.63) is 53.6 Å². The van der Waals surface area contributed by atoms with Crippen molar-refractivity contribution in [2.45, 2.75) is 50.7 Å². The highest BCUT2D eigenvalue weighted by atomic mass is 16.6. The summed E-state index contributed by atoms with van der Waals surface area (Å²) in [5, 5.41) is 1.12. The topological polar surface area (TPSA) is 66.8 Å². The van der Waals surface area contributed by atoms with Gasteiger partial charge in [-0.25, -0.2) is 9.59 Å². The number of benzene rings is 2. The molecule has 2 heterocycles. The molecule has 1 aromatic heterocycles. The van der Waals surface area contributed by atoms with Crippen LogP contribution in [0.25, 0.3) is 22.2 Å². The molecule has 1 atom stereocenters. The molecule has 2 aromatic carbocycles. The Morgan fingerprint density at radius 2 is 1.78 bits per heavy atom. The first-order valence-electron chi connectivity index (χ1n) is 11.2. The maximum absolute atomic E-state index is 12.6. The summed E-state index contributed by atoms with van der Waals surface area (Å²) >= 11 is 0. The summed E-state index contributed by atoms with van der Waals surface area (Å²) in [6.07, 6.45) is 5.17. The molecule has 1 aliphatic carbocycles. The van der Waals surface area contributed by atoms with Gasteiger partial charge in [-0.05, 0) is 48.6 Å². The number of hydrogen-bond donors (Lipinski definition) is 0. The molecular weight excluding hydrogens is 406 g/mol. The van der Waals surface area contributed by atoms with E-state index in [1.807, 2.05) is 42.5 Å². The van der Waals surface area contributed by atoms with Crippen molar-refractivity contribution in [2.75, 3.05) is 14.2 Å². The molecule has 0 radical (unpaired) electrons. The summed E-state index contributed by atoms with van der Waals surface area (Å²) in [7, 11) is 2.76. The molecule has 6 heteroatoms. The number of hydrogen-bond acceptors (Lipinski definition) is 5. The number of aromatic nitrogens is 1. The molecule has 1 aliphatic heterocycles. The number of fused-ring (bicyclic) bond motifs is 5.